The Balaban J connectivity index is 2.53. The van der Waals surface area contributed by atoms with Gasteiger partial charge in [-0.2, -0.15) is 0 Å². The molecule has 0 amide bonds. The van der Waals surface area contributed by atoms with Crippen molar-refractivity contribution in [1.82, 2.24) is 0 Å². The summed E-state index contributed by atoms with van der Waals surface area (Å²) in [5, 5.41) is 0. The Morgan fingerprint density at radius 3 is 2.50 bits per heavy atom. The van der Waals surface area contributed by atoms with Crippen molar-refractivity contribution in [2.75, 3.05) is 0 Å². The van der Waals surface area contributed by atoms with Crippen LogP contribution in [0.15, 0.2) is 42.6 Å². The summed E-state index contributed by atoms with van der Waals surface area (Å²) >= 11 is 0. The second kappa shape index (κ2) is 5.78. The molecule has 0 fully saturated rings. The topological polar surface area (TPSA) is 9.23 Å². The maximum absolute atomic E-state index is 5.82. The van der Waals surface area contributed by atoms with Crippen molar-refractivity contribution in [2.45, 2.75) is 26.0 Å². The highest BCUT2D eigenvalue weighted by atomic mass is 28.3. The van der Waals surface area contributed by atoms with Gasteiger partial charge in [0.05, 0.1) is 0 Å². The van der Waals surface area contributed by atoms with Gasteiger partial charge < -0.3 is 4.43 Å². The molecule has 0 aliphatic rings. The van der Waals surface area contributed by atoms with Crippen LogP contribution < -0.4 is 0 Å². The molecule has 0 aromatic heterocycles. The van der Waals surface area contributed by atoms with Gasteiger partial charge in [0.2, 0.25) is 9.04 Å². The lowest BCUT2D eigenvalue weighted by Gasteiger charge is -2.15. The van der Waals surface area contributed by atoms with Crippen LogP contribution in [0.25, 0.3) is 0 Å². The Hall–Kier alpha value is -0.863. The summed E-state index contributed by atoms with van der Waals surface area (Å²) < 4.78 is 5.82. The van der Waals surface area contributed by atoms with E-state index in [4.69, 9.17) is 4.43 Å². The first-order chi connectivity index (χ1) is 6.72. The minimum absolute atomic E-state index is 0.313. The van der Waals surface area contributed by atoms with E-state index in [-0.39, 0.29) is 0 Å². The Morgan fingerprint density at radius 1 is 1.36 bits per heavy atom. The van der Waals surface area contributed by atoms with Gasteiger partial charge in [-0.05, 0) is 25.5 Å². The quantitative estimate of drug-likeness (QED) is 0.673. The molecular weight excluding hydrogens is 188 g/mol. The lowest BCUT2D eigenvalue weighted by Crippen LogP contribution is -2.23. The van der Waals surface area contributed by atoms with Crippen LogP contribution in [0.3, 0.4) is 0 Å². The van der Waals surface area contributed by atoms with E-state index >= 15 is 0 Å². The average molecular weight is 206 g/mol. The second-order valence-electron chi connectivity index (χ2n) is 3.65. The predicted octanol–water partition coefficient (Wildman–Crippen LogP) is 2.64. The van der Waals surface area contributed by atoms with Gasteiger partial charge in [-0.1, -0.05) is 36.0 Å². The fourth-order valence-corrected chi connectivity index (χ4v) is 3.19. The smallest absolute Gasteiger partial charge is 0.205 e. The molecule has 14 heavy (non-hydrogen) atoms. The molecule has 0 bridgehead atoms. The first-order valence-electron chi connectivity index (χ1n) is 5.04. The number of rotatable bonds is 5. The van der Waals surface area contributed by atoms with Crippen molar-refractivity contribution < 1.29 is 4.43 Å². The van der Waals surface area contributed by atoms with Gasteiger partial charge in [-0.25, -0.2) is 0 Å². The molecule has 1 nitrogen and oxygen atoms in total. The summed E-state index contributed by atoms with van der Waals surface area (Å²) in [6.07, 6.45) is 0.313. The maximum Gasteiger partial charge on any atom is 0.205 e. The van der Waals surface area contributed by atoms with E-state index in [1.807, 2.05) is 11.8 Å². The van der Waals surface area contributed by atoms with Gasteiger partial charge in [-0.15, -0.1) is 6.58 Å². The van der Waals surface area contributed by atoms with E-state index in [9.17, 15) is 0 Å². The van der Waals surface area contributed by atoms with Crippen molar-refractivity contribution in [2.24, 2.45) is 0 Å². The fraction of sp³-hybridized carbons (Fsp3) is 0.333. The molecule has 1 unspecified atom stereocenters. The van der Waals surface area contributed by atoms with Gasteiger partial charge in [0.15, 0.2) is 0 Å². The van der Waals surface area contributed by atoms with Gasteiger partial charge >= 0.3 is 0 Å². The summed E-state index contributed by atoms with van der Waals surface area (Å²) in [6.45, 7) is 8.00. The van der Waals surface area contributed by atoms with Crippen molar-refractivity contribution in [3.8, 4) is 0 Å². The highest BCUT2D eigenvalue weighted by Gasteiger charge is 2.09. The molecule has 0 heterocycles. The van der Waals surface area contributed by atoms with E-state index < -0.39 is 9.04 Å². The number of hydrogen-bond acceptors (Lipinski definition) is 1. The molecule has 0 aliphatic heterocycles. The second-order valence-corrected chi connectivity index (χ2v) is 5.88. The maximum atomic E-state index is 5.82. The first kappa shape index (κ1) is 11.2. The molecule has 1 aromatic carbocycles. The largest absolute Gasteiger partial charge is 0.413 e. The Morgan fingerprint density at radius 2 is 2.00 bits per heavy atom. The molecule has 0 aliphatic carbocycles. The van der Waals surface area contributed by atoms with Crippen LogP contribution in [-0.2, 0) is 10.5 Å². The molecule has 2 heteroatoms. The third kappa shape index (κ3) is 3.90. The Bertz CT molecular complexity index is 269. The number of benzene rings is 1. The van der Waals surface area contributed by atoms with Gasteiger partial charge in [-0.3, -0.25) is 0 Å². The Kier molecular flexibility index (Phi) is 4.63. The zero-order valence-corrected chi connectivity index (χ0v) is 10.1. The van der Waals surface area contributed by atoms with Crippen LogP contribution in [0.1, 0.15) is 19.4 Å². The van der Waals surface area contributed by atoms with E-state index in [0.29, 0.717) is 6.10 Å². The lowest BCUT2D eigenvalue weighted by atomic mass is 10.2. The highest BCUT2D eigenvalue weighted by molar-refractivity contribution is 6.57. The summed E-state index contributed by atoms with van der Waals surface area (Å²) in [4.78, 5) is 0. The van der Waals surface area contributed by atoms with Crippen molar-refractivity contribution in [1.29, 1.82) is 0 Å². The normalized spacial score (nSPS) is 12.8. The molecule has 1 aromatic rings. The molecule has 1 atom stereocenters. The summed E-state index contributed by atoms with van der Waals surface area (Å²) in [5.41, 5.74) is 3.36. The lowest BCUT2D eigenvalue weighted by molar-refractivity contribution is 0.246. The SMILES string of the molecule is C=C[SiH](Cc1ccccc1)OC(C)C. The Labute approximate surface area is 88.1 Å². The minimum atomic E-state index is -1.23. The number of hydrogen-bond donors (Lipinski definition) is 0. The minimum Gasteiger partial charge on any atom is -0.413 e. The van der Waals surface area contributed by atoms with E-state index in [1.54, 1.807) is 0 Å². The van der Waals surface area contributed by atoms with Crippen molar-refractivity contribution >= 4 is 9.04 Å². The fourth-order valence-electron chi connectivity index (χ4n) is 1.38. The molecular formula is C12H18OSi. The van der Waals surface area contributed by atoms with Gasteiger partial charge in [0.25, 0.3) is 0 Å². The van der Waals surface area contributed by atoms with Gasteiger partial charge in [0.1, 0.15) is 0 Å². The third-order valence-electron chi connectivity index (χ3n) is 1.99. The van der Waals surface area contributed by atoms with Crippen LogP contribution in [0.2, 0.25) is 0 Å². The molecule has 0 spiro atoms. The molecule has 0 radical (unpaired) electrons. The van der Waals surface area contributed by atoms with E-state index in [2.05, 4.69) is 44.7 Å². The zero-order chi connectivity index (χ0) is 10.4. The average Bonchev–Trinajstić information content (AvgIpc) is 2.17. The summed E-state index contributed by atoms with van der Waals surface area (Å²) in [7, 11) is -1.23. The van der Waals surface area contributed by atoms with E-state index in [1.165, 1.54) is 5.56 Å². The van der Waals surface area contributed by atoms with Crippen LogP contribution >= 0.6 is 0 Å². The molecule has 0 saturated heterocycles. The first-order valence-corrected chi connectivity index (χ1v) is 6.99. The standard InChI is InChI=1S/C12H18OSi/c1-4-14(13-11(2)3)10-12-8-6-5-7-9-12/h4-9,11,14H,1,10H2,2-3H3. The van der Waals surface area contributed by atoms with E-state index in [0.717, 1.165) is 6.04 Å². The van der Waals surface area contributed by atoms with Crippen LogP contribution in [0, 0.1) is 0 Å². The van der Waals surface area contributed by atoms with Crippen LogP contribution in [-0.4, -0.2) is 15.1 Å². The van der Waals surface area contributed by atoms with Crippen LogP contribution in [0.5, 0.6) is 0 Å². The predicted molar refractivity (Wildman–Crippen MR) is 63.7 cm³/mol. The van der Waals surface area contributed by atoms with Crippen molar-refractivity contribution in [3.05, 3.63) is 48.2 Å². The third-order valence-corrected chi connectivity index (χ3v) is 4.28. The van der Waals surface area contributed by atoms with Crippen LogP contribution in [0.4, 0.5) is 0 Å². The molecule has 1 rings (SSSR count). The summed E-state index contributed by atoms with van der Waals surface area (Å²) in [5.74, 6) is 0. The molecule has 76 valence electrons. The monoisotopic (exact) mass is 206 g/mol. The zero-order valence-electron chi connectivity index (χ0n) is 8.94. The molecule has 0 saturated carbocycles. The van der Waals surface area contributed by atoms with Crippen molar-refractivity contribution in [3.63, 3.8) is 0 Å². The highest BCUT2D eigenvalue weighted by Crippen LogP contribution is 2.05. The van der Waals surface area contributed by atoms with Gasteiger partial charge in [0, 0.05) is 6.10 Å². The molecule has 0 N–H and O–H groups in total. The summed E-state index contributed by atoms with van der Waals surface area (Å²) in [6, 6.07) is 11.5.